The Labute approximate surface area is 51.4 Å². The second-order valence-corrected chi connectivity index (χ2v) is 1.64. The fourth-order valence-corrected chi connectivity index (χ4v) is 0.504. The van der Waals surface area contributed by atoms with E-state index in [1.165, 1.54) is 0 Å². The Bertz CT molecular complexity index is 151. The lowest BCUT2D eigenvalue weighted by Crippen LogP contribution is -2.30. The number of ether oxygens (including phenoxy) is 1. The Morgan fingerprint density at radius 1 is 1.56 bits per heavy atom. The van der Waals surface area contributed by atoms with E-state index in [1.807, 2.05) is 0 Å². The maximum absolute atomic E-state index is 10.4. The van der Waals surface area contributed by atoms with Crippen molar-refractivity contribution in [1.82, 2.24) is 0 Å². The molecular weight excluding hydrogens is 124 g/mol. The van der Waals surface area contributed by atoms with Crippen LogP contribution in [0.4, 0.5) is 0 Å². The van der Waals surface area contributed by atoms with Crippen LogP contribution in [-0.2, 0) is 9.53 Å². The molecule has 0 fully saturated rings. The van der Waals surface area contributed by atoms with Crippen LogP contribution in [-0.4, -0.2) is 28.6 Å². The van der Waals surface area contributed by atoms with Crippen molar-refractivity contribution in [3.63, 3.8) is 0 Å². The van der Waals surface area contributed by atoms with Crippen LogP contribution in [0.15, 0.2) is 12.2 Å². The highest BCUT2D eigenvalue weighted by atomic mass is 16.7. The van der Waals surface area contributed by atoms with Gasteiger partial charge >= 0.3 is 0 Å². The zero-order valence-electron chi connectivity index (χ0n) is 4.52. The van der Waals surface area contributed by atoms with E-state index in [1.54, 1.807) is 0 Å². The van der Waals surface area contributed by atoms with Crippen molar-refractivity contribution in [2.75, 3.05) is 0 Å². The molecule has 0 aromatic carbocycles. The van der Waals surface area contributed by atoms with Crippen molar-refractivity contribution in [3.05, 3.63) is 12.2 Å². The number of ketones is 1. The maximum atomic E-state index is 10.4. The summed E-state index contributed by atoms with van der Waals surface area (Å²) in [4.78, 5) is 10.4. The molecular formula is C5H6O4. The first kappa shape index (κ1) is 6.41. The number of hydrogen-bond acceptors (Lipinski definition) is 4. The molecule has 0 aromatic heterocycles. The molecule has 2 atom stereocenters. The summed E-state index contributed by atoms with van der Waals surface area (Å²) in [5.74, 6) is -0.541. The number of aliphatic hydroxyl groups is 2. The molecule has 0 radical (unpaired) electrons. The summed E-state index contributed by atoms with van der Waals surface area (Å²) in [6.45, 7) is 0. The van der Waals surface area contributed by atoms with E-state index in [9.17, 15) is 4.79 Å². The molecule has 0 saturated heterocycles. The minimum absolute atomic E-state index is 0.541. The molecule has 0 aromatic rings. The summed E-state index contributed by atoms with van der Waals surface area (Å²) < 4.78 is 4.27. The quantitative estimate of drug-likeness (QED) is 0.431. The number of carbonyl (C=O) groups is 1. The maximum Gasteiger partial charge on any atom is 0.222 e. The van der Waals surface area contributed by atoms with Crippen LogP contribution < -0.4 is 0 Å². The molecule has 1 heterocycles. The van der Waals surface area contributed by atoms with Crippen LogP contribution >= 0.6 is 0 Å². The zero-order chi connectivity index (χ0) is 6.85. The molecule has 0 aliphatic carbocycles. The molecule has 2 unspecified atom stereocenters. The third kappa shape index (κ3) is 1.35. The first-order valence-electron chi connectivity index (χ1n) is 2.44. The number of rotatable bonds is 0. The van der Waals surface area contributed by atoms with Gasteiger partial charge in [-0.05, 0) is 12.2 Å². The third-order valence-corrected chi connectivity index (χ3v) is 0.937. The SMILES string of the molecule is O=C1C=CC(O)OC1O. The molecule has 0 amide bonds. The predicted octanol–water partition coefficient (Wildman–Crippen LogP) is -1.22. The van der Waals surface area contributed by atoms with Crippen LogP contribution in [0.5, 0.6) is 0 Å². The topological polar surface area (TPSA) is 66.8 Å². The van der Waals surface area contributed by atoms with Gasteiger partial charge in [0, 0.05) is 0 Å². The minimum Gasteiger partial charge on any atom is -0.365 e. The van der Waals surface area contributed by atoms with Crippen molar-refractivity contribution in [1.29, 1.82) is 0 Å². The van der Waals surface area contributed by atoms with Crippen molar-refractivity contribution in [3.8, 4) is 0 Å². The molecule has 4 nitrogen and oxygen atoms in total. The molecule has 50 valence electrons. The van der Waals surface area contributed by atoms with E-state index >= 15 is 0 Å². The molecule has 0 saturated carbocycles. The number of aliphatic hydroxyl groups excluding tert-OH is 2. The number of carbonyl (C=O) groups excluding carboxylic acids is 1. The summed E-state index contributed by atoms with van der Waals surface area (Å²) >= 11 is 0. The third-order valence-electron chi connectivity index (χ3n) is 0.937. The Balaban J connectivity index is 2.65. The summed E-state index contributed by atoms with van der Waals surface area (Å²) in [5.41, 5.74) is 0. The standard InChI is InChI=1S/C5H6O4/c6-3-1-2-4(7)9-5(3)8/h1-2,4-5,7-8H. The van der Waals surface area contributed by atoms with Crippen LogP contribution in [0.1, 0.15) is 0 Å². The first-order valence-corrected chi connectivity index (χ1v) is 2.44. The lowest BCUT2D eigenvalue weighted by molar-refractivity contribution is -0.194. The van der Waals surface area contributed by atoms with Crippen molar-refractivity contribution in [2.45, 2.75) is 12.6 Å². The van der Waals surface area contributed by atoms with Gasteiger partial charge in [0.2, 0.25) is 12.1 Å². The summed E-state index contributed by atoms with van der Waals surface area (Å²) in [5, 5.41) is 17.1. The fourth-order valence-electron chi connectivity index (χ4n) is 0.504. The molecule has 4 heteroatoms. The average Bonchev–Trinajstić information content (AvgIpc) is 1.80. The van der Waals surface area contributed by atoms with Gasteiger partial charge in [0.15, 0.2) is 6.29 Å². The predicted molar refractivity (Wildman–Crippen MR) is 27.2 cm³/mol. The molecule has 1 aliphatic heterocycles. The van der Waals surface area contributed by atoms with E-state index in [0.29, 0.717) is 0 Å². The largest absolute Gasteiger partial charge is 0.365 e. The van der Waals surface area contributed by atoms with Gasteiger partial charge in [0.1, 0.15) is 0 Å². The van der Waals surface area contributed by atoms with E-state index < -0.39 is 18.4 Å². The molecule has 1 aliphatic rings. The second-order valence-electron chi connectivity index (χ2n) is 1.64. The molecule has 1 rings (SSSR count). The lowest BCUT2D eigenvalue weighted by Gasteiger charge is -2.15. The van der Waals surface area contributed by atoms with Crippen LogP contribution in [0.2, 0.25) is 0 Å². The van der Waals surface area contributed by atoms with Gasteiger partial charge in [-0.1, -0.05) is 0 Å². The van der Waals surface area contributed by atoms with Gasteiger partial charge in [-0.2, -0.15) is 0 Å². The summed E-state index contributed by atoms with van der Waals surface area (Å²) in [6, 6.07) is 0. The molecule has 2 N–H and O–H groups in total. The van der Waals surface area contributed by atoms with Crippen molar-refractivity contribution in [2.24, 2.45) is 0 Å². The Hall–Kier alpha value is -0.710. The highest BCUT2D eigenvalue weighted by Gasteiger charge is 2.20. The zero-order valence-corrected chi connectivity index (χ0v) is 4.52. The highest BCUT2D eigenvalue weighted by molar-refractivity contribution is 5.92. The number of hydrogen-bond donors (Lipinski definition) is 2. The highest BCUT2D eigenvalue weighted by Crippen LogP contribution is 2.03. The Morgan fingerprint density at radius 2 is 2.22 bits per heavy atom. The van der Waals surface area contributed by atoms with Crippen LogP contribution in [0.3, 0.4) is 0 Å². The second kappa shape index (κ2) is 2.26. The monoisotopic (exact) mass is 130 g/mol. The Morgan fingerprint density at radius 3 is 2.67 bits per heavy atom. The van der Waals surface area contributed by atoms with E-state index in [0.717, 1.165) is 12.2 Å². The fraction of sp³-hybridized carbons (Fsp3) is 0.400. The van der Waals surface area contributed by atoms with Gasteiger partial charge in [0.25, 0.3) is 0 Å². The van der Waals surface area contributed by atoms with Crippen LogP contribution in [0.25, 0.3) is 0 Å². The first-order chi connectivity index (χ1) is 4.20. The molecule has 0 bridgehead atoms. The van der Waals surface area contributed by atoms with Gasteiger partial charge in [-0.15, -0.1) is 0 Å². The van der Waals surface area contributed by atoms with E-state index in [-0.39, 0.29) is 0 Å². The van der Waals surface area contributed by atoms with Gasteiger partial charge in [-0.3, -0.25) is 4.79 Å². The molecule has 0 spiro atoms. The average molecular weight is 130 g/mol. The smallest absolute Gasteiger partial charge is 0.222 e. The Kier molecular flexibility index (Phi) is 1.61. The van der Waals surface area contributed by atoms with Crippen molar-refractivity contribution < 1.29 is 19.7 Å². The molecule has 9 heavy (non-hydrogen) atoms. The van der Waals surface area contributed by atoms with E-state index in [2.05, 4.69) is 4.74 Å². The normalized spacial score (nSPS) is 35.1. The van der Waals surface area contributed by atoms with E-state index in [4.69, 9.17) is 10.2 Å². The van der Waals surface area contributed by atoms with Gasteiger partial charge in [-0.25, -0.2) is 0 Å². The van der Waals surface area contributed by atoms with Crippen LogP contribution in [0, 0.1) is 0 Å². The lowest BCUT2D eigenvalue weighted by atomic mass is 10.3. The minimum atomic E-state index is -1.50. The summed E-state index contributed by atoms with van der Waals surface area (Å²) in [6.07, 6.45) is -0.406. The summed E-state index contributed by atoms with van der Waals surface area (Å²) in [7, 11) is 0. The van der Waals surface area contributed by atoms with Crippen molar-refractivity contribution >= 4 is 5.78 Å². The van der Waals surface area contributed by atoms with Gasteiger partial charge < -0.3 is 14.9 Å². The van der Waals surface area contributed by atoms with Gasteiger partial charge in [0.05, 0.1) is 0 Å².